The molecule has 2 heterocycles. The molecule has 14 nitrogen and oxygen atoms in total. The van der Waals surface area contributed by atoms with Gasteiger partial charge in [0.2, 0.25) is 11.2 Å². The smallest absolute Gasteiger partial charge is 0.347 e. The number of nitrogens with one attached hydrogen (secondary N) is 4. The lowest BCUT2D eigenvalue weighted by Gasteiger charge is -2.36. The van der Waals surface area contributed by atoms with Crippen molar-refractivity contribution in [2.45, 2.75) is 69.5 Å². The molecular weight excluding hydrogens is 851 g/mol. The van der Waals surface area contributed by atoms with Gasteiger partial charge in [-0.1, -0.05) is 84.9 Å². The summed E-state index contributed by atoms with van der Waals surface area (Å²) < 4.78 is 11.7. The third kappa shape index (κ3) is 11.4. The number of esters is 1. The van der Waals surface area contributed by atoms with Gasteiger partial charge in [-0.05, 0) is 116 Å². The summed E-state index contributed by atoms with van der Waals surface area (Å²) in [6.07, 6.45) is 1.97. The van der Waals surface area contributed by atoms with Crippen LogP contribution in [0.15, 0.2) is 132 Å². The van der Waals surface area contributed by atoms with Crippen molar-refractivity contribution in [2.24, 2.45) is 5.92 Å². The number of H-pyrrole nitrogens is 1. The number of rotatable bonds is 18. The van der Waals surface area contributed by atoms with Gasteiger partial charge in [-0.15, -0.1) is 0 Å². The Kier molecular flexibility index (Phi) is 14.8. The summed E-state index contributed by atoms with van der Waals surface area (Å²) in [5.41, 5.74) is 2.64. The van der Waals surface area contributed by atoms with E-state index in [0.29, 0.717) is 47.2 Å². The molecule has 2 fully saturated rings. The number of aromatic nitrogens is 1. The molecule has 1 saturated heterocycles. The van der Waals surface area contributed by atoms with Crippen molar-refractivity contribution in [1.29, 1.82) is 0 Å². The van der Waals surface area contributed by atoms with Gasteiger partial charge in [0.25, 0.3) is 11.8 Å². The Bertz CT molecular complexity index is 2740. The van der Waals surface area contributed by atoms with Gasteiger partial charge >= 0.3 is 5.97 Å². The van der Waals surface area contributed by atoms with Crippen LogP contribution in [0.4, 0.5) is 0 Å². The average molecular weight is 908 g/mol. The quantitative estimate of drug-likeness (QED) is 0.0536. The molecule has 2 atom stereocenters. The number of aryl methyl sites for hydroxylation is 1. The van der Waals surface area contributed by atoms with Crippen LogP contribution in [0.2, 0.25) is 0 Å². The number of pyridine rings is 1. The highest BCUT2D eigenvalue weighted by Gasteiger charge is 2.42. The molecule has 0 radical (unpaired) electrons. The number of hydrogen-bond donors (Lipinski definition) is 7. The minimum Gasteiger partial charge on any atom is -0.506 e. The predicted molar refractivity (Wildman–Crippen MR) is 253 cm³/mol. The van der Waals surface area contributed by atoms with Crippen LogP contribution < -0.4 is 26.2 Å². The number of aliphatic hydroxyl groups is 2. The lowest BCUT2D eigenvalue weighted by Crippen LogP contribution is -2.54. The second-order valence-corrected chi connectivity index (χ2v) is 17.7. The molecule has 6 aromatic rings. The molecule has 2 amide bonds. The van der Waals surface area contributed by atoms with Crippen molar-refractivity contribution in [3.63, 3.8) is 0 Å². The highest BCUT2D eigenvalue weighted by molar-refractivity contribution is 5.95. The van der Waals surface area contributed by atoms with Crippen LogP contribution in [-0.4, -0.2) is 87.9 Å². The van der Waals surface area contributed by atoms with Gasteiger partial charge in [-0.25, -0.2) is 4.79 Å². The Hall–Kier alpha value is -6.84. The third-order valence-electron chi connectivity index (χ3n) is 12.9. The lowest BCUT2D eigenvalue weighted by molar-refractivity contribution is -0.164. The Labute approximate surface area is 389 Å². The van der Waals surface area contributed by atoms with Crippen LogP contribution in [0, 0.1) is 12.8 Å². The van der Waals surface area contributed by atoms with Gasteiger partial charge in [0.1, 0.15) is 11.5 Å². The lowest BCUT2D eigenvalue weighted by atomic mass is 9.86. The Morgan fingerprint density at radius 1 is 0.836 bits per heavy atom. The summed E-state index contributed by atoms with van der Waals surface area (Å²) >= 11 is 0. The molecule has 8 rings (SSSR count). The van der Waals surface area contributed by atoms with Crippen molar-refractivity contribution in [1.82, 2.24) is 25.8 Å². The van der Waals surface area contributed by atoms with Crippen LogP contribution in [0.25, 0.3) is 10.9 Å². The monoisotopic (exact) mass is 907 g/mol. The molecule has 67 heavy (non-hydrogen) atoms. The van der Waals surface area contributed by atoms with Crippen LogP contribution in [-0.2, 0) is 33.0 Å². The van der Waals surface area contributed by atoms with E-state index in [1.54, 1.807) is 66.7 Å². The first-order valence-electron chi connectivity index (χ1n) is 22.8. The number of aromatic amines is 1. The second kappa shape index (κ2) is 21.2. The van der Waals surface area contributed by atoms with Crippen molar-refractivity contribution in [2.75, 3.05) is 32.8 Å². The number of aliphatic hydroxyl groups excluding tert-OH is 1. The van der Waals surface area contributed by atoms with E-state index in [1.165, 1.54) is 17.7 Å². The molecule has 14 heteroatoms. The number of piperidine rings is 1. The van der Waals surface area contributed by atoms with Crippen LogP contribution in [0.3, 0.4) is 0 Å². The molecule has 5 aromatic carbocycles. The molecule has 0 bridgehead atoms. The Morgan fingerprint density at radius 3 is 2.30 bits per heavy atom. The van der Waals surface area contributed by atoms with Gasteiger partial charge in [-0.3, -0.25) is 19.3 Å². The first-order valence-corrected chi connectivity index (χ1v) is 22.8. The Balaban J connectivity index is 0.773. The number of likely N-dealkylation sites (tertiary alicyclic amines) is 1. The zero-order chi connectivity index (χ0) is 46.9. The average Bonchev–Trinajstić information content (AvgIpc) is 3.33. The molecule has 348 valence electrons. The van der Waals surface area contributed by atoms with E-state index in [1.807, 2.05) is 43.3 Å². The van der Waals surface area contributed by atoms with Crippen molar-refractivity contribution >= 4 is 28.7 Å². The molecule has 0 spiro atoms. The number of hydrogen-bond acceptors (Lipinski definition) is 11. The van der Waals surface area contributed by atoms with E-state index in [2.05, 4.69) is 38.0 Å². The largest absolute Gasteiger partial charge is 0.506 e. The van der Waals surface area contributed by atoms with Gasteiger partial charge in [0, 0.05) is 54.3 Å². The number of phenolic OH excluding ortho intramolecular Hbond substituents is 1. The molecule has 1 saturated carbocycles. The standard InChI is InChI=1S/C53H57N5O9/c1-34-25-37(15-16-38(34)29-54-30-47(60)44-17-19-46(59)50-45(44)18-20-48(61)57-50)51(63)56-42-27-41(28-42)55-49(62)33-66-43-14-8-13-40(26-43)53(65,39-11-6-3-7-12-39)52(64)67-32-36-21-23-58(24-22-36)31-35-9-4-2-5-10-35/h2-20,25-26,36,41-42,47,54,59-60,65H,21-24,27-33H2,1H3,(H,55,62)(H,56,63)(H,57,61)/t41?,42?,47-,53?/m0/s1. The number of ether oxygens (including phenoxy) is 2. The summed E-state index contributed by atoms with van der Waals surface area (Å²) in [5, 5.41) is 43.0. The van der Waals surface area contributed by atoms with Crippen LogP contribution in [0.1, 0.15) is 75.5 Å². The highest BCUT2D eigenvalue weighted by Crippen LogP contribution is 2.34. The SMILES string of the molecule is Cc1cc(C(=O)NC2CC(NC(=O)COc3cccc(C(O)(C(=O)OCC4CCN(Cc5ccccc5)CC4)c4ccccc4)c3)C2)ccc1CNC[C@H](O)c1ccc(O)c2[nH]c(=O)ccc12. The van der Waals surface area contributed by atoms with Crippen molar-refractivity contribution in [3.8, 4) is 11.5 Å². The topological polar surface area (TPSA) is 203 Å². The van der Waals surface area contributed by atoms with Gasteiger partial charge in [0.05, 0.1) is 18.2 Å². The fraction of sp³-hybridized carbons (Fsp3) is 0.321. The molecule has 2 aliphatic rings. The summed E-state index contributed by atoms with van der Waals surface area (Å²) in [5.74, 6) is -0.924. The van der Waals surface area contributed by atoms with Gasteiger partial charge < -0.3 is 45.7 Å². The number of phenols is 1. The van der Waals surface area contributed by atoms with Gasteiger partial charge in [-0.2, -0.15) is 0 Å². The number of aromatic hydroxyl groups is 1. The number of carbonyl (C=O) groups is 3. The first kappa shape index (κ1) is 46.7. The maximum Gasteiger partial charge on any atom is 0.347 e. The second-order valence-electron chi connectivity index (χ2n) is 17.7. The van der Waals surface area contributed by atoms with Crippen molar-refractivity contribution in [3.05, 3.63) is 177 Å². The van der Waals surface area contributed by atoms with E-state index in [0.717, 1.165) is 43.6 Å². The fourth-order valence-electron chi connectivity index (χ4n) is 8.92. The number of benzene rings is 5. The maximum atomic E-state index is 13.9. The number of nitrogens with zero attached hydrogens (tertiary/aromatic N) is 1. The Morgan fingerprint density at radius 2 is 1.55 bits per heavy atom. The first-order chi connectivity index (χ1) is 32.4. The minimum atomic E-state index is -2.11. The minimum absolute atomic E-state index is 0.0730. The normalized spacial score (nSPS) is 17.7. The summed E-state index contributed by atoms with van der Waals surface area (Å²) in [6.45, 7) is 5.16. The highest BCUT2D eigenvalue weighted by atomic mass is 16.5. The fourth-order valence-corrected chi connectivity index (χ4v) is 8.92. The van der Waals surface area contributed by atoms with E-state index < -0.39 is 17.7 Å². The zero-order valence-electron chi connectivity index (χ0n) is 37.5. The van der Waals surface area contributed by atoms with E-state index in [-0.39, 0.29) is 72.0 Å². The van der Waals surface area contributed by atoms with Crippen molar-refractivity contribution < 1.29 is 39.2 Å². The molecular formula is C53H57N5O9. The number of amides is 2. The molecule has 1 aliphatic carbocycles. The van der Waals surface area contributed by atoms with Gasteiger partial charge in [0.15, 0.2) is 6.61 Å². The maximum absolute atomic E-state index is 13.9. The van der Waals surface area contributed by atoms with Crippen LogP contribution in [0.5, 0.6) is 11.5 Å². The summed E-state index contributed by atoms with van der Waals surface area (Å²) in [7, 11) is 0. The molecule has 1 aromatic heterocycles. The number of fused-ring (bicyclic) bond motifs is 1. The summed E-state index contributed by atoms with van der Waals surface area (Å²) in [6, 6.07) is 36.7. The third-order valence-corrected chi connectivity index (χ3v) is 12.9. The number of carbonyl (C=O) groups excluding carboxylic acids is 3. The van der Waals surface area contributed by atoms with E-state index in [4.69, 9.17) is 9.47 Å². The van der Waals surface area contributed by atoms with E-state index >= 15 is 0 Å². The molecule has 1 aliphatic heterocycles. The van der Waals surface area contributed by atoms with E-state index in [9.17, 15) is 34.5 Å². The zero-order valence-corrected chi connectivity index (χ0v) is 37.5. The molecule has 1 unspecified atom stereocenters. The molecule has 7 N–H and O–H groups in total. The van der Waals surface area contributed by atoms with Crippen LogP contribution >= 0.6 is 0 Å². The predicted octanol–water partition coefficient (Wildman–Crippen LogP) is 5.51. The summed E-state index contributed by atoms with van der Waals surface area (Å²) in [4.78, 5) is 56.7.